The van der Waals surface area contributed by atoms with Gasteiger partial charge in [-0.2, -0.15) is 0 Å². The normalized spacial score (nSPS) is 11.9. The van der Waals surface area contributed by atoms with Gasteiger partial charge < -0.3 is 4.42 Å². The first kappa shape index (κ1) is 32.3. The third-order valence-corrected chi connectivity index (χ3v) is 13.2. The zero-order valence-electron chi connectivity index (χ0n) is 30.3. The molecule has 0 atom stereocenters. The van der Waals surface area contributed by atoms with Crippen molar-refractivity contribution in [3.8, 4) is 56.4 Å². The molecule has 0 unspecified atom stereocenters. The lowest BCUT2D eigenvalue weighted by atomic mass is 9.93. The molecular formula is C51H29N3OS2. The number of furan rings is 1. The van der Waals surface area contributed by atoms with Crippen LogP contribution >= 0.6 is 22.7 Å². The Kier molecular flexibility index (Phi) is 7.24. The van der Waals surface area contributed by atoms with Crippen LogP contribution in [0.25, 0.3) is 119 Å². The van der Waals surface area contributed by atoms with Gasteiger partial charge in [0.05, 0.1) is 0 Å². The minimum atomic E-state index is 0.603. The minimum Gasteiger partial charge on any atom is -0.456 e. The third kappa shape index (κ3) is 5.30. The summed E-state index contributed by atoms with van der Waals surface area (Å²) in [6.07, 6.45) is 0. The summed E-state index contributed by atoms with van der Waals surface area (Å²) in [7, 11) is 0. The van der Waals surface area contributed by atoms with Crippen LogP contribution in [0.4, 0.5) is 0 Å². The summed E-state index contributed by atoms with van der Waals surface area (Å²) < 4.78 is 11.7. The molecule has 0 bridgehead atoms. The SMILES string of the molecule is c1ccc(-c2nc(-c3ccccc3)nc(-c3cccc4oc5ccc(-c6cc(-c7ccc8c(c7)sc7ccccc78)cc7sc8ccccc8c67)cc5c34)n2)cc1. The minimum absolute atomic E-state index is 0.603. The molecule has 0 N–H and O–H groups in total. The van der Waals surface area contributed by atoms with E-state index in [2.05, 4.69) is 103 Å². The van der Waals surface area contributed by atoms with E-state index < -0.39 is 0 Å². The van der Waals surface area contributed by atoms with Crippen molar-refractivity contribution in [1.29, 1.82) is 0 Å². The fraction of sp³-hybridized carbons (Fsp3) is 0. The van der Waals surface area contributed by atoms with Gasteiger partial charge in [0.1, 0.15) is 11.2 Å². The maximum atomic E-state index is 6.57. The number of nitrogens with zero attached hydrogens (tertiary/aromatic N) is 3. The van der Waals surface area contributed by atoms with Gasteiger partial charge in [-0.15, -0.1) is 22.7 Å². The van der Waals surface area contributed by atoms with Crippen LogP contribution in [0.5, 0.6) is 0 Å². The Morgan fingerprint density at radius 1 is 0.316 bits per heavy atom. The Hall–Kier alpha value is -6.99. The van der Waals surface area contributed by atoms with E-state index in [1.807, 2.05) is 95.5 Å². The number of aromatic nitrogens is 3. The molecule has 0 spiro atoms. The van der Waals surface area contributed by atoms with Gasteiger partial charge >= 0.3 is 0 Å². The number of hydrogen-bond donors (Lipinski definition) is 0. The molecule has 57 heavy (non-hydrogen) atoms. The monoisotopic (exact) mass is 763 g/mol. The molecule has 8 aromatic carbocycles. The predicted molar refractivity (Wildman–Crippen MR) is 240 cm³/mol. The lowest BCUT2D eigenvalue weighted by Crippen LogP contribution is -2.00. The van der Waals surface area contributed by atoms with Gasteiger partial charge in [0.25, 0.3) is 0 Å². The van der Waals surface area contributed by atoms with E-state index in [9.17, 15) is 0 Å². The smallest absolute Gasteiger partial charge is 0.164 e. The van der Waals surface area contributed by atoms with Crippen LogP contribution in [0, 0.1) is 0 Å². The Morgan fingerprint density at radius 2 is 0.930 bits per heavy atom. The molecule has 12 rings (SSSR count). The van der Waals surface area contributed by atoms with Crippen LogP contribution < -0.4 is 0 Å². The maximum Gasteiger partial charge on any atom is 0.164 e. The molecule has 0 saturated carbocycles. The first-order chi connectivity index (χ1) is 28.2. The highest BCUT2D eigenvalue weighted by Crippen LogP contribution is 2.46. The quantitative estimate of drug-likeness (QED) is 0.175. The van der Waals surface area contributed by atoms with Crippen molar-refractivity contribution in [3.05, 3.63) is 176 Å². The summed E-state index contributed by atoms with van der Waals surface area (Å²) >= 11 is 3.71. The van der Waals surface area contributed by atoms with E-state index >= 15 is 0 Å². The van der Waals surface area contributed by atoms with E-state index in [0.717, 1.165) is 44.2 Å². The summed E-state index contributed by atoms with van der Waals surface area (Å²) in [5, 5.41) is 7.16. The first-order valence-electron chi connectivity index (χ1n) is 18.9. The molecule has 0 fully saturated rings. The Balaban J connectivity index is 1.08. The van der Waals surface area contributed by atoms with Gasteiger partial charge in [0, 0.05) is 67.8 Å². The third-order valence-electron chi connectivity index (χ3n) is 10.9. The molecule has 0 amide bonds. The molecule has 4 heterocycles. The molecule has 0 radical (unpaired) electrons. The van der Waals surface area contributed by atoms with Gasteiger partial charge in [-0.3, -0.25) is 0 Å². The van der Waals surface area contributed by atoms with Crippen molar-refractivity contribution < 1.29 is 4.42 Å². The first-order valence-corrected chi connectivity index (χ1v) is 20.6. The fourth-order valence-corrected chi connectivity index (χ4v) is 10.6. The second-order valence-electron chi connectivity index (χ2n) is 14.3. The van der Waals surface area contributed by atoms with E-state index in [1.54, 1.807) is 0 Å². The second-order valence-corrected chi connectivity index (χ2v) is 16.5. The number of fused-ring (bicyclic) bond motifs is 9. The van der Waals surface area contributed by atoms with Gasteiger partial charge in [-0.1, -0.05) is 127 Å². The highest BCUT2D eigenvalue weighted by Gasteiger charge is 2.20. The molecule has 4 aromatic heterocycles. The highest BCUT2D eigenvalue weighted by atomic mass is 32.1. The van der Waals surface area contributed by atoms with Crippen molar-refractivity contribution >= 4 is 85.0 Å². The average Bonchev–Trinajstić information content (AvgIpc) is 3.97. The Morgan fingerprint density at radius 3 is 1.70 bits per heavy atom. The van der Waals surface area contributed by atoms with Crippen molar-refractivity contribution in [2.24, 2.45) is 0 Å². The van der Waals surface area contributed by atoms with Crippen LogP contribution in [-0.2, 0) is 0 Å². The Labute approximate surface area is 335 Å². The second kappa shape index (κ2) is 12.8. The van der Waals surface area contributed by atoms with Crippen LogP contribution in [0.2, 0.25) is 0 Å². The molecule has 12 aromatic rings. The van der Waals surface area contributed by atoms with E-state index in [4.69, 9.17) is 19.4 Å². The molecular weight excluding hydrogens is 735 g/mol. The van der Waals surface area contributed by atoms with Crippen molar-refractivity contribution in [1.82, 2.24) is 15.0 Å². The lowest BCUT2D eigenvalue weighted by Gasteiger charge is -2.11. The van der Waals surface area contributed by atoms with Gasteiger partial charge in [-0.05, 0) is 70.8 Å². The number of rotatable bonds is 5. The summed E-state index contributed by atoms with van der Waals surface area (Å²) in [6.45, 7) is 0. The van der Waals surface area contributed by atoms with Crippen molar-refractivity contribution in [2.45, 2.75) is 0 Å². The summed E-state index contributed by atoms with van der Waals surface area (Å²) in [5.74, 6) is 1.86. The van der Waals surface area contributed by atoms with Crippen molar-refractivity contribution in [3.63, 3.8) is 0 Å². The van der Waals surface area contributed by atoms with Gasteiger partial charge in [0.15, 0.2) is 17.5 Å². The molecule has 4 nitrogen and oxygen atoms in total. The van der Waals surface area contributed by atoms with Crippen molar-refractivity contribution in [2.75, 3.05) is 0 Å². The Bertz CT molecular complexity index is 3470. The molecule has 0 saturated heterocycles. The number of thiophene rings is 2. The highest BCUT2D eigenvalue weighted by molar-refractivity contribution is 7.26. The average molecular weight is 764 g/mol. The maximum absolute atomic E-state index is 6.57. The summed E-state index contributed by atoms with van der Waals surface area (Å²) in [5.41, 5.74) is 9.12. The predicted octanol–water partition coefficient (Wildman–Crippen LogP) is 14.8. The fourth-order valence-electron chi connectivity index (χ4n) is 8.26. The zero-order chi connectivity index (χ0) is 37.5. The van der Waals surface area contributed by atoms with E-state index in [-0.39, 0.29) is 0 Å². The number of benzene rings is 8. The molecule has 0 aliphatic carbocycles. The van der Waals surface area contributed by atoms with Crippen LogP contribution in [0.15, 0.2) is 180 Å². The topological polar surface area (TPSA) is 51.8 Å². The summed E-state index contributed by atoms with van der Waals surface area (Å²) in [4.78, 5) is 15.2. The molecule has 0 aliphatic rings. The molecule has 6 heteroatoms. The van der Waals surface area contributed by atoms with Crippen LogP contribution in [-0.4, -0.2) is 15.0 Å². The molecule has 266 valence electrons. The van der Waals surface area contributed by atoms with Crippen LogP contribution in [0.1, 0.15) is 0 Å². The zero-order valence-corrected chi connectivity index (χ0v) is 31.9. The van der Waals surface area contributed by atoms with Gasteiger partial charge in [-0.25, -0.2) is 15.0 Å². The van der Waals surface area contributed by atoms with E-state index in [1.165, 1.54) is 57.0 Å². The summed E-state index contributed by atoms with van der Waals surface area (Å²) in [6, 6.07) is 62.1. The van der Waals surface area contributed by atoms with Gasteiger partial charge in [0.2, 0.25) is 0 Å². The molecule has 0 aliphatic heterocycles. The van der Waals surface area contributed by atoms with Crippen LogP contribution in [0.3, 0.4) is 0 Å². The lowest BCUT2D eigenvalue weighted by molar-refractivity contribution is 0.669. The van der Waals surface area contributed by atoms with E-state index in [0.29, 0.717) is 17.5 Å². The number of hydrogen-bond acceptors (Lipinski definition) is 6. The standard InChI is InChI=1S/C51H29N3OS2/c1-3-12-30(13-4-1)49-52-50(31-14-5-2-6-15-31)54-51(53-49)38-18-11-19-42-47(38)40-26-33(23-25-41(40)55-42)39-27-34(29-46-48(39)37-17-8-10-21-44(37)57-46)32-22-24-36-35-16-7-9-20-43(35)56-45(36)28-32/h1-29H. The largest absolute Gasteiger partial charge is 0.456 e.